The topological polar surface area (TPSA) is 127 Å². The second-order valence-corrected chi connectivity index (χ2v) is 9.99. The Kier molecular flexibility index (Phi) is 11.5. The molecule has 0 aromatic carbocycles. The van der Waals surface area contributed by atoms with E-state index in [1.807, 2.05) is 0 Å². The van der Waals surface area contributed by atoms with Crippen LogP contribution in [0.1, 0.15) is 0 Å². The Morgan fingerprint density at radius 1 is 1.00 bits per heavy atom. The summed E-state index contributed by atoms with van der Waals surface area (Å²) >= 11 is 0.218. The first kappa shape index (κ1) is 17.8. The molecule has 9 heteroatoms. The quantitative estimate of drug-likeness (QED) is 0.295. The summed E-state index contributed by atoms with van der Waals surface area (Å²) in [5.74, 6) is -2.02. The van der Waals surface area contributed by atoms with Crippen molar-refractivity contribution < 1.29 is 37.2 Å². The van der Waals surface area contributed by atoms with E-state index >= 15 is 0 Å². The molecule has 2 unspecified atom stereocenters. The van der Waals surface area contributed by atoms with Crippen LogP contribution in [0.15, 0.2) is 0 Å². The number of carbonyl (C=O) groups is 2. The van der Waals surface area contributed by atoms with E-state index in [2.05, 4.69) is 0 Å². The zero-order chi connectivity index (χ0) is 11.1. The third-order valence-corrected chi connectivity index (χ3v) is 8.42. The Morgan fingerprint density at radius 2 is 1.27 bits per heavy atom. The van der Waals surface area contributed by atoms with E-state index in [9.17, 15) is 9.59 Å². The molecule has 0 aliphatic rings. The average Bonchev–Trinajstić information content (AvgIpc) is 2.11. The number of hydrogen-bond donors (Lipinski definition) is 4. The largest absolute Gasteiger partial charge is 0 e. The van der Waals surface area contributed by atoms with Gasteiger partial charge in [0.2, 0.25) is 0 Å². The van der Waals surface area contributed by atoms with Crippen LogP contribution in [0.2, 0.25) is 10.6 Å². The number of aliphatic carboxylic acids is 2. The zero-order valence-electron chi connectivity index (χ0n) is 7.66. The van der Waals surface area contributed by atoms with E-state index in [1.54, 1.807) is 0 Å². The minimum Gasteiger partial charge on any atom is 0 e. The van der Waals surface area contributed by atoms with Gasteiger partial charge in [-0.2, -0.15) is 0 Å². The number of nitrogens with two attached hydrogens (primary N) is 2. The van der Waals surface area contributed by atoms with Gasteiger partial charge in [-0.25, -0.2) is 0 Å². The Balaban J connectivity index is 0. The molecule has 0 amide bonds. The molecule has 0 aliphatic heterocycles. The summed E-state index contributed by atoms with van der Waals surface area (Å²) in [5.41, 5.74) is 10.5. The van der Waals surface area contributed by atoms with Gasteiger partial charge in [0.05, 0.1) is 0 Å². The van der Waals surface area contributed by atoms with Crippen LogP contribution in [0.25, 0.3) is 0 Å². The predicted octanol–water partition coefficient (Wildman–Crippen LogP) is -2.03. The molecule has 0 aromatic heterocycles. The molecule has 6 nitrogen and oxygen atoms in total. The van der Waals surface area contributed by atoms with Crippen molar-refractivity contribution >= 4 is 38.2 Å². The third-order valence-electron chi connectivity index (χ3n) is 1.21. The normalized spacial score (nSPS) is 13.7. The molecule has 0 saturated heterocycles. The van der Waals surface area contributed by atoms with Crippen LogP contribution >= 0.6 is 0 Å². The maximum Gasteiger partial charge on any atom is 0 e. The summed E-state index contributed by atoms with van der Waals surface area (Å²) in [7, 11) is 0. The van der Waals surface area contributed by atoms with Crippen LogP contribution in [0.5, 0.6) is 0 Å². The first-order chi connectivity index (χ1) is 6.45. The fourth-order valence-corrected chi connectivity index (χ4v) is 7.30. The van der Waals surface area contributed by atoms with E-state index < -0.39 is 24.0 Å². The second kappa shape index (κ2) is 9.64. The van der Waals surface area contributed by atoms with Crippen LogP contribution in [0.4, 0.5) is 0 Å². The number of carboxylic acid groups (broad SMARTS) is 2. The molecular formula is C6H12CrN2O4Se2. The van der Waals surface area contributed by atoms with Crippen LogP contribution in [0.3, 0.4) is 0 Å². The summed E-state index contributed by atoms with van der Waals surface area (Å²) in [6, 6.07) is -1.64. The van der Waals surface area contributed by atoms with Gasteiger partial charge in [0.25, 0.3) is 0 Å². The monoisotopic (exact) mass is 388 g/mol. The van der Waals surface area contributed by atoms with Gasteiger partial charge in [0.1, 0.15) is 0 Å². The predicted molar refractivity (Wildman–Crippen MR) is 52.3 cm³/mol. The molecule has 0 heterocycles. The summed E-state index contributed by atoms with van der Waals surface area (Å²) in [6.07, 6.45) is 0. The van der Waals surface area contributed by atoms with Gasteiger partial charge in [0, 0.05) is 17.4 Å². The van der Waals surface area contributed by atoms with Crippen LogP contribution in [0, 0.1) is 0 Å². The summed E-state index contributed by atoms with van der Waals surface area (Å²) < 4.78 is 0. The van der Waals surface area contributed by atoms with Crippen LogP contribution in [-0.4, -0.2) is 60.5 Å². The smallest absolute Gasteiger partial charge is 0 e. The fourth-order valence-electron chi connectivity index (χ4n) is 0.385. The molecule has 6 N–H and O–H groups in total. The first-order valence-corrected chi connectivity index (χ1v) is 10.4. The molecule has 0 radical (unpaired) electrons. The first-order valence-electron chi connectivity index (χ1n) is 3.66. The third kappa shape index (κ3) is 9.37. The van der Waals surface area contributed by atoms with Crippen molar-refractivity contribution in [2.45, 2.75) is 22.7 Å². The van der Waals surface area contributed by atoms with Gasteiger partial charge < -0.3 is 0 Å². The van der Waals surface area contributed by atoms with Crippen molar-refractivity contribution in [3.63, 3.8) is 0 Å². The van der Waals surface area contributed by atoms with E-state index in [4.69, 9.17) is 21.7 Å². The van der Waals surface area contributed by atoms with Gasteiger partial charge in [-0.15, -0.1) is 0 Å². The Labute approximate surface area is 109 Å². The van der Waals surface area contributed by atoms with E-state index in [-0.39, 0.29) is 43.6 Å². The average molecular weight is 386 g/mol. The summed E-state index contributed by atoms with van der Waals surface area (Å²) in [5, 5.41) is 17.8. The van der Waals surface area contributed by atoms with Gasteiger partial charge in [-0.1, -0.05) is 0 Å². The molecule has 2 atom stereocenters. The minimum atomic E-state index is -1.01. The van der Waals surface area contributed by atoms with Crippen molar-refractivity contribution in [2.75, 3.05) is 0 Å². The van der Waals surface area contributed by atoms with Crippen LogP contribution < -0.4 is 11.5 Å². The molecule has 0 aromatic rings. The zero-order valence-corrected chi connectivity index (χ0v) is 12.4. The maximum absolute atomic E-state index is 10.3. The molecule has 0 spiro atoms. The molecule has 0 fully saturated rings. The van der Waals surface area contributed by atoms with Crippen molar-refractivity contribution in [1.82, 2.24) is 0 Å². The number of rotatable bonds is 7. The van der Waals surface area contributed by atoms with Crippen molar-refractivity contribution in [2.24, 2.45) is 11.5 Å². The molecule has 0 rings (SSSR count). The van der Waals surface area contributed by atoms with E-state index in [0.717, 1.165) is 0 Å². The van der Waals surface area contributed by atoms with Gasteiger partial charge in [0.15, 0.2) is 0 Å². The van der Waals surface area contributed by atoms with E-state index in [0.29, 0.717) is 10.6 Å². The van der Waals surface area contributed by atoms with E-state index in [1.165, 1.54) is 0 Å². The van der Waals surface area contributed by atoms with Gasteiger partial charge >= 0.3 is 92.2 Å². The number of hydrogen-bond acceptors (Lipinski definition) is 4. The van der Waals surface area contributed by atoms with Gasteiger partial charge in [-0.05, 0) is 0 Å². The summed E-state index contributed by atoms with van der Waals surface area (Å²) in [4.78, 5) is 20.6. The fraction of sp³-hybridized carbons (Fsp3) is 0.667. The van der Waals surface area contributed by atoms with Crippen molar-refractivity contribution in [3.05, 3.63) is 0 Å². The Bertz CT molecular complexity index is 197. The standard InChI is InChI=1S/C6H12N2O4Se2.Cr/c7-3(5(9)10)1-13-14-2-4(8)6(11)12;/h3-4H,1-2,7-8H2,(H,9,10)(H,11,12);. The molecule has 88 valence electrons. The van der Waals surface area contributed by atoms with Gasteiger partial charge in [-0.3, -0.25) is 0 Å². The SMILES string of the molecule is NC(C[Se][Se]CC(N)C(=O)O)C(=O)O.[Cr]. The molecule has 0 saturated carbocycles. The molecule has 15 heavy (non-hydrogen) atoms. The minimum absolute atomic E-state index is 0. The van der Waals surface area contributed by atoms with Crippen molar-refractivity contribution in [1.29, 1.82) is 0 Å². The second-order valence-electron chi connectivity index (χ2n) is 2.46. The van der Waals surface area contributed by atoms with Crippen LogP contribution in [-0.2, 0) is 27.0 Å². The van der Waals surface area contributed by atoms with Crippen molar-refractivity contribution in [3.8, 4) is 0 Å². The molecule has 0 bridgehead atoms. The Morgan fingerprint density at radius 3 is 1.47 bits per heavy atom. The summed E-state index contributed by atoms with van der Waals surface area (Å²) in [6.45, 7) is 0. The maximum atomic E-state index is 10.3. The number of carboxylic acids is 2. The molecule has 0 aliphatic carbocycles. The Hall–Kier alpha value is 0.431. The molecular weight excluding hydrogens is 374 g/mol.